The van der Waals surface area contributed by atoms with Crippen molar-refractivity contribution in [3.05, 3.63) is 69.8 Å². The van der Waals surface area contributed by atoms with Crippen molar-refractivity contribution in [2.45, 2.75) is 13.5 Å². The van der Waals surface area contributed by atoms with Crippen LogP contribution in [0.2, 0.25) is 0 Å². The molecule has 124 valence electrons. The van der Waals surface area contributed by atoms with Gasteiger partial charge >= 0.3 is 5.97 Å². The molecule has 7 heteroatoms. The summed E-state index contributed by atoms with van der Waals surface area (Å²) in [6, 6.07) is 12.4. The number of Topliss-reactive ketones (excluding diaryl/α,β-unsaturated/α-hetero) is 1. The molecule has 0 unspecified atom stereocenters. The molecule has 0 amide bonds. The number of ether oxygens (including phenoxy) is 2. The topological polar surface area (TPSA) is 95.7 Å². The minimum atomic E-state index is -0.649. The SMILES string of the molecule is CC(=O)c1ccc(OCC(=O)OCc2ccccc2[N+](=O)[O-])cc1. The molecular weight excluding hydrogens is 314 g/mol. The van der Waals surface area contributed by atoms with Gasteiger partial charge in [-0.25, -0.2) is 4.79 Å². The zero-order valence-corrected chi connectivity index (χ0v) is 12.9. The Kier molecular flexibility index (Phi) is 5.62. The molecule has 0 spiro atoms. The predicted molar refractivity (Wildman–Crippen MR) is 84.8 cm³/mol. The lowest BCUT2D eigenvalue weighted by molar-refractivity contribution is -0.385. The highest BCUT2D eigenvalue weighted by Crippen LogP contribution is 2.18. The zero-order valence-electron chi connectivity index (χ0n) is 12.9. The molecule has 2 rings (SSSR count). The van der Waals surface area contributed by atoms with Crippen molar-refractivity contribution < 1.29 is 24.0 Å². The molecule has 2 aromatic carbocycles. The zero-order chi connectivity index (χ0) is 17.5. The summed E-state index contributed by atoms with van der Waals surface area (Å²) in [5, 5.41) is 10.9. The molecule has 7 nitrogen and oxygen atoms in total. The number of carbonyl (C=O) groups is 2. The number of para-hydroxylation sites is 1. The Labute approximate surface area is 138 Å². The number of ketones is 1. The van der Waals surface area contributed by atoms with E-state index in [1.54, 1.807) is 30.3 Å². The standard InChI is InChI=1S/C17H15NO6/c1-12(19)13-6-8-15(9-7-13)23-11-17(20)24-10-14-4-2-3-5-16(14)18(21)22/h2-9H,10-11H2,1H3. The maximum absolute atomic E-state index is 11.7. The molecule has 0 radical (unpaired) electrons. The van der Waals surface area contributed by atoms with E-state index in [2.05, 4.69) is 0 Å². The summed E-state index contributed by atoms with van der Waals surface area (Å²) in [6.07, 6.45) is 0. The molecule has 24 heavy (non-hydrogen) atoms. The largest absolute Gasteiger partial charge is 0.482 e. The number of hydrogen-bond acceptors (Lipinski definition) is 6. The van der Waals surface area contributed by atoms with E-state index in [4.69, 9.17) is 9.47 Å². The van der Waals surface area contributed by atoms with Gasteiger partial charge in [-0.3, -0.25) is 14.9 Å². The Morgan fingerprint density at radius 2 is 1.75 bits per heavy atom. The smallest absolute Gasteiger partial charge is 0.344 e. The number of esters is 1. The van der Waals surface area contributed by atoms with Gasteiger partial charge in [0.15, 0.2) is 12.4 Å². The van der Waals surface area contributed by atoms with Crippen molar-refractivity contribution in [3.63, 3.8) is 0 Å². The normalized spacial score (nSPS) is 10.0. The lowest BCUT2D eigenvalue weighted by Crippen LogP contribution is -2.15. The van der Waals surface area contributed by atoms with Crippen LogP contribution < -0.4 is 4.74 Å². The van der Waals surface area contributed by atoms with Crippen LogP contribution in [0.3, 0.4) is 0 Å². The van der Waals surface area contributed by atoms with Crippen molar-refractivity contribution in [2.24, 2.45) is 0 Å². The predicted octanol–water partition coefficient (Wildman–Crippen LogP) is 2.92. The molecule has 0 fully saturated rings. The first-order valence-corrected chi connectivity index (χ1v) is 7.09. The van der Waals surface area contributed by atoms with Crippen molar-refractivity contribution in [1.29, 1.82) is 0 Å². The van der Waals surface area contributed by atoms with E-state index in [1.807, 2.05) is 0 Å². The van der Waals surface area contributed by atoms with Crippen LogP contribution in [0.5, 0.6) is 5.75 Å². The third-order valence-electron chi connectivity index (χ3n) is 3.19. The van der Waals surface area contributed by atoms with Gasteiger partial charge in [0.2, 0.25) is 0 Å². The Bertz CT molecular complexity index is 754. The highest BCUT2D eigenvalue weighted by molar-refractivity contribution is 5.94. The minimum Gasteiger partial charge on any atom is -0.482 e. The fourth-order valence-electron chi connectivity index (χ4n) is 1.94. The maximum Gasteiger partial charge on any atom is 0.344 e. The van der Waals surface area contributed by atoms with Crippen molar-refractivity contribution in [2.75, 3.05) is 6.61 Å². The number of nitro groups is 1. The van der Waals surface area contributed by atoms with Crippen LogP contribution in [-0.4, -0.2) is 23.3 Å². The quantitative estimate of drug-likeness (QED) is 0.335. The van der Waals surface area contributed by atoms with Gasteiger partial charge in [-0.1, -0.05) is 12.1 Å². The second kappa shape index (κ2) is 7.87. The van der Waals surface area contributed by atoms with Crippen molar-refractivity contribution >= 4 is 17.4 Å². The molecule has 0 aliphatic carbocycles. The summed E-state index contributed by atoms with van der Waals surface area (Å²) < 4.78 is 10.2. The first-order chi connectivity index (χ1) is 11.5. The van der Waals surface area contributed by atoms with Gasteiger partial charge in [-0.05, 0) is 37.3 Å². The molecule has 0 aliphatic rings. The van der Waals surface area contributed by atoms with E-state index in [1.165, 1.54) is 25.1 Å². The number of nitrogens with zero attached hydrogens (tertiary/aromatic N) is 1. The second-order valence-corrected chi connectivity index (χ2v) is 4.92. The molecular formula is C17H15NO6. The van der Waals surface area contributed by atoms with Gasteiger partial charge in [-0.2, -0.15) is 0 Å². The first kappa shape index (κ1) is 17.1. The van der Waals surface area contributed by atoms with Gasteiger partial charge in [-0.15, -0.1) is 0 Å². The van der Waals surface area contributed by atoms with Crippen LogP contribution in [0.25, 0.3) is 0 Å². The Balaban J connectivity index is 1.86. The highest BCUT2D eigenvalue weighted by Gasteiger charge is 2.14. The van der Waals surface area contributed by atoms with E-state index in [0.29, 0.717) is 16.9 Å². The summed E-state index contributed by atoms with van der Waals surface area (Å²) >= 11 is 0. The maximum atomic E-state index is 11.7. The molecule has 0 saturated carbocycles. The Hall–Kier alpha value is -3.22. The number of hydrogen-bond donors (Lipinski definition) is 0. The fraction of sp³-hybridized carbons (Fsp3) is 0.176. The van der Waals surface area contributed by atoms with Crippen LogP contribution >= 0.6 is 0 Å². The van der Waals surface area contributed by atoms with Gasteiger partial charge in [0, 0.05) is 11.6 Å². The summed E-state index contributed by atoms with van der Waals surface area (Å²) in [6.45, 7) is 0.915. The average molecular weight is 329 g/mol. The Morgan fingerprint density at radius 1 is 1.08 bits per heavy atom. The summed E-state index contributed by atoms with van der Waals surface area (Å²) in [7, 11) is 0. The molecule has 2 aromatic rings. The van der Waals surface area contributed by atoms with Crippen LogP contribution in [0.15, 0.2) is 48.5 Å². The molecule has 0 atom stereocenters. The summed E-state index contributed by atoms with van der Waals surface area (Å²) in [5.74, 6) is -0.295. The monoisotopic (exact) mass is 329 g/mol. The molecule has 0 saturated heterocycles. The van der Waals surface area contributed by atoms with E-state index in [0.717, 1.165) is 0 Å². The molecule has 0 heterocycles. The van der Waals surface area contributed by atoms with Gasteiger partial charge in [0.05, 0.1) is 10.5 Å². The van der Waals surface area contributed by atoms with Gasteiger partial charge < -0.3 is 9.47 Å². The number of nitro benzene ring substituents is 1. The summed E-state index contributed by atoms with van der Waals surface area (Å²) in [4.78, 5) is 33.2. The number of carbonyl (C=O) groups excluding carboxylic acids is 2. The minimum absolute atomic E-state index is 0.0644. The Morgan fingerprint density at radius 3 is 2.38 bits per heavy atom. The molecule has 0 aliphatic heterocycles. The lowest BCUT2D eigenvalue weighted by Gasteiger charge is -2.08. The lowest BCUT2D eigenvalue weighted by atomic mass is 10.1. The second-order valence-electron chi connectivity index (χ2n) is 4.92. The fourth-order valence-corrected chi connectivity index (χ4v) is 1.94. The van der Waals surface area contributed by atoms with Crippen molar-refractivity contribution in [3.8, 4) is 5.75 Å². The molecule has 0 N–H and O–H groups in total. The highest BCUT2D eigenvalue weighted by atomic mass is 16.6. The van der Waals surface area contributed by atoms with Crippen LogP contribution in [0, 0.1) is 10.1 Å². The average Bonchev–Trinajstić information content (AvgIpc) is 2.58. The van der Waals surface area contributed by atoms with Crippen LogP contribution in [0.4, 0.5) is 5.69 Å². The van der Waals surface area contributed by atoms with Gasteiger partial charge in [0.25, 0.3) is 5.69 Å². The molecule has 0 bridgehead atoms. The summed E-state index contributed by atoms with van der Waals surface area (Å²) in [5.41, 5.74) is 0.744. The van der Waals surface area contributed by atoms with Gasteiger partial charge in [0.1, 0.15) is 12.4 Å². The van der Waals surface area contributed by atoms with E-state index in [9.17, 15) is 19.7 Å². The van der Waals surface area contributed by atoms with Crippen LogP contribution in [0.1, 0.15) is 22.8 Å². The third kappa shape index (κ3) is 4.64. The first-order valence-electron chi connectivity index (χ1n) is 7.09. The van der Waals surface area contributed by atoms with E-state index >= 15 is 0 Å². The third-order valence-corrected chi connectivity index (χ3v) is 3.19. The van der Waals surface area contributed by atoms with E-state index in [-0.39, 0.29) is 24.7 Å². The number of benzene rings is 2. The van der Waals surface area contributed by atoms with Crippen LogP contribution in [-0.2, 0) is 16.1 Å². The number of rotatable bonds is 7. The molecule has 0 aromatic heterocycles. The van der Waals surface area contributed by atoms with Crippen molar-refractivity contribution in [1.82, 2.24) is 0 Å². The van der Waals surface area contributed by atoms with E-state index < -0.39 is 10.9 Å².